The maximum atomic E-state index is 3.26. The molecule has 1 aromatic heterocycles. The quantitative estimate of drug-likeness (QED) is 0.756. The second-order valence-electron chi connectivity index (χ2n) is 3.12. The van der Waals surface area contributed by atoms with Gasteiger partial charge < -0.3 is 5.32 Å². The molecule has 0 aliphatic heterocycles. The standard InChI is InChI=1S/C10H17NS/c1-4-10-9(5-6-12-10)7-8(2)11-3/h5-6,8,11H,4,7H2,1-3H3. The van der Waals surface area contributed by atoms with E-state index in [1.807, 2.05) is 18.4 Å². The van der Waals surface area contributed by atoms with Gasteiger partial charge in [0, 0.05) is 10.9 Å². The van der Waals surface area contributed by atoms with Gasteiger partial charge in [0.15, 0.2) is 0 Å². The van der Waals surface area contributed by atoms with Crippen molar-refractivity contribution in [2.75, 3.05) is 7.05 Å². The first-order valence-corrected chi connectivity index (χ1v) is 5.38. The third-order valence-corrected chi connectivity index (χ3v) is 3.29. The summed E-state index contributed by atoms with van der Waals surface area (Å²) in [6, 6.07) is 2.84. The van der Waals surface area contributed by atoms with Crippen molar-refractivity contribution in [2.45, 2.75) is 32.7 Å². The molecular formula is C10H17NS. The van der Waals surface area contributed by atoms with Crippen LogP contribution < -0.4 is 5.32 Å². The van der Waals surface area contributed by atoms with Crippen LogP contribution in [0.2, 0.25) is 0 Å². The van der Waals surface area contributed by atoms with Gasteiger partial charge in [-0.3, -0.25) is 0 Å². The van der Waals surface area contributed by atoms with Gasteiger partial charge in [0.1, 0.15) is 0 Å². The van der Waals surface area contributed by atoms with Crippen LogP contribution in [-0.2, 0) is 12.8 Å². The molecular weight excluding hydrogens is 166 g/mol. The van der Waals surface area contributed by atoms with Gasteiger partial charge in [0.25, 0.3) is 0 Å². The maximum absolute atomic E-state index is 3.26. The number of rotatable bonds is 4. The summed E-state index contributed by atoms with van der Waals surface area (Å²) in [6.45, 7) is 4.44. The highest BCUT2D eigenvalue weighted by Gasteiger charge is 2.05. The Labute approximate surface area is 78.8 Å². The van der Waals surface area contributed by atoms with Crippen LogP contribution in [0.5, 0.6) is 0 Å². The summed E-state index contributed by atoms with van der Waals surface area (Å²) in [6.07, 6.45) is 2.33. The third kappa shape index (κ3) is 2.32. The molecule has 1 nitrogen and oxygen atoms in total. The number of hydrogen-bond donors (Lipinski definition) is 1. The fourth-order valence-electron chi connectivity index (χ4n) is 1.29. The highest BCUT2D eigenvalue weighted by atomic mass is 32.1. The molecule has 2 heteroatoms. The number of likely N-dealkylation sites (N-methyl/N-ethyl adjacent to an activating group) is 1. The molecule has 0 aliphatic carbocycles. The molecule has 0 aliphatic rings. The van der Waals surface area contributed by atoms with Gasteiger partial charge >= 0.3 is 0 Å². The van der Waals surface area contributed by atoms with Crippen LogP contribution >= 0.6 is 11.3 Å². The molecule has 0 saturated heterocycles. The summed E-state index contributed by atoms with van der Waals surface area (Å²) >= 11 is 1.87. The largest absolute Gasteiger partial charge is 0.317 e. The van der Waals surface area contributed by atoms with E-state index in [1.165, 1.54) is 16.9 Å². The topological polar surface area (TPSA) is 12.0 Å². The summed E-state index contributed by atoms with van der Waals surface area (Å²) in [4.78, 5) is 1.54. The molecule has 0 saturated carbocycles. The van der Waals surface area contributed by atoms with Gasteiger partial charge in [-0.15, -0.1) is 11.3 Å². The number of thiophene rings is 1. The fraction of sp³-hybridized carbons (Fsp3) is 0.600. The van der Waals surface area contributed by atoms with Crippen LogP contribution in [0.4, 0.5) is 0 Å². The lowest BCUT2D eigenvalue weighted by Crippen LogP contribution is -2.23. The predicted molar refractivity (Wildman–Crippen MR) is 55.9 cm³/mol. The van der Waals surface area contributed by atoms with Gasteiger partial charge in [0.2, 0.25) is 0 Å². The van der Waals surface area contributed by atoms with Crippen molar-refractivity contribution >= 4 is 11.3 Å². The Morgan fingerprint density at radius 2 is 2.33 bits per heavy atom. The van der Waals surface area contributed by atoms with E-state index in [-0.39, 0.29) is 0 Å². The van der Waals surface area contributed by atoms with Crippen LogP contribution in [-0.4, -0.2) is 13.1 Å². The third-order valence-electron chi connectivity index (χ3n) is 2.18. The Hall–Kier alpha value is -0.340. The molecule has 0 aromatic carbocycles. The van der Waals surface area contributed by atoms with Gasteiger partial charge in [0.05, 0.1) is 0 Å². The van der Waals surface area contributed by atoms with Crippen LogP contribution in [0, 0.1) is 0 Å². The van der Waals surface area contributed by atoms with E-state index in [0.29, 0.717) is 6.04 Å². The van der Waals surface area contributed by atoms with E-state index in [4.69, 9.17) is 0 Å². The van der Waals surface area contributed by atoms with Gasteiger partial charge in [-0.05, 0) is 43.8 Å². The van der Waals surface area contributed by atoms with E-state index in [1.54, 1.807) is 0 Å². The summed E-state index contributed by atoms with van der Waals surface area (Å²) in [5, 5.41) is 5.45. The average Bonchev–Trinajstić information content (AvgIpc) is 2.51. The first kappa shape index (κ1) is 9.75. The van der Waals surface area contributed by atoms with Crippen LogP contribution in [0.3, 0.4) is 0 Å². The molecule has 1 atom stereocenters. The van der Waals surface area contributed by atoms with Crippen molar-refractivity contribution in [1.82, 2.24) is 5.32 Å². The lowest BCUT2D eigenvalue weighted by molar-refractivity contribution is 0.607. The van der Waals surface area contributed by atoms with E-state index in [2.05, 4.69) is 30.6 Å². The Balaban J connectivity index is 2.61. The molecule has 0 fully saturated rings. The van der Waals surface area contributed by atoms with Gasteiger partial charge in [-0.1, -0.05) is 6.92 Å². The van der Waals surface area contributed by atoms with Crippen LogP contribution in [0.15, 0.2) is 11.4 Å². The summed E-state index contributed by atoms with van der Waals surface area (Å²) in [5.41, 5.74) is 1.52. The minimum atomic E-state index is 0.588. The SMILES string of the molecule is CCc1sccc1CC(C)NC. The molecule has 12 heavy (non-hydrogen) atoms. The molecule has 0 radical (unpaired) electrons. The second-order valence-corrected chi connectivity index (χ2v) is 4.12. The highest BCUT2D eigenvalue weighted by Crippen LogP contribution is 2.18. The molecule has 0 amide bonds. The van der Waals surface area contributed by atoms with Gasteiger partial charge in [-0.2, -0.15) is 0 Å². The fourth-order valence-corrected chi connectivity index (χ4v) is 2.16. The lowest BCUT2D eigenvalue weighted by Gasteiger charge is -2.09. The molecule has 1 N–H and O–H groups in total. The predicted octanol–water partition coefficient (Wildman–Crippen LogP) is 2.46. The van der Waals surface area contributed by atoms with Gasteiger partial charge in [-0.25, -0.2) is 0 Å². The zero-order valence-electron chi connectivity index (χ0n) is 8.05. The van der Waals surface area contributed by atoms with E-state index in [9.17, 15) is 0 Å². The Kier molecular flexibility index (Phi) is 3.76. The molecule has 1 heterocycles. The maximum Gasteiger partial charge on any atom is 0.00765 e. The first-order valence-electron chi connectivity index (χ1n) is 4.50. The summed E-state index contributed by atoms with van der Waals surface area (Å²) < 4.78 is 0. The number of nitrogens with one attached hydrogen (secondary N) is 1. The Morgan fingerprint density at radius 3 is 2.92 bits per heavy atom. The monoisotopic (exact) mass is 183 g/mol. The summed E-state index contributed by atoms with van der Waals surface area (Å²) in [7, 11) is 2.02. The molecule has 0 bridgehead atoms. The Bertz CT molecular complexity index is 229. The summed E-state index contributed by atoms with van der Waals surface area (Å²) in [5.74, 6) is 0. The molecule has 68 valence electrons. The van der Waals surface area contributed by atoms with Crippen molar-refractivity contribution < 1.29 is 0 Å². The molecule has 0 spiro atoms. The van der Waals surface area contributed by atoms with E-state index >= 15 is 0 Å². The van der Waals surface area contributed by atoms with Crippen molar-refractivity contribution in [3.8, 4) is 0 Å². The zero-order valence-corrected chi connectivity index (χ0v) is 8.87. The second kappa shape index (κ2) is 4.63. The zero-order chi connectivity index (χ0) is 8.97. The minimum absolute atomic E-state index is 0.588. The van der Waals surface area contributed by atoms with Crippen LogP contribution in [0.25, 0.3) is 0 Å². The van der Waals surface area contributed by atoms with Crippen molar-refractivity contribution in [3.63, 3.8) is 0 Å². The molecule has 1 rings (SSSR count). The van der Waals surface area contributed by atoms with Crippen molar-refractivity contribution in [2.24, 2.45) is 0 Å². The molecule has 1 aromatic rings. The van der Waals surface area contributed by atoms with Crippen LogP contribution in [0.1, 0.15) is 24.3 Å². The lowest BCUT2D eigenvalue weighted by atomic mass is 10.1. The number of hydrogen-bond acceptors (Lipinski definition) is 2. The van der Waals surface area contributed by atoms with E-state index < -0.39 is 0 Å². The van der Waals surface area contributed by atoms with Crippen molar-refractivity contribution in [1.29, 1.82) is 0 Å². The van der Waals surface area contributed by atoms with E-state index in [0.717, 1.165) is 6.42 Å². The highest BCUT2D eigenvalue weighted by molar-refractivity contribution is 7.10. The van der Waals surface area contributed by atoms with Crippen molar-refractivity contribution in [3.05, 3.63) is 21.9 Å². The minimum Gasteiger partial charge on any atom is -0.317 e. The Morgan fingerprint density at radius 1 is 1.58 bits per heavy atom. The number of aryl methyl sites for hydroxylation is 1. The smallest absolute Gasteiger partial charge is 0.00765 e. The first-order chi connectivity index (χ1) is 5.77. The average molecular weight is 183 g/mol. The normalized spacial score (nSPS) is 13.2. The molecule has 1 unspecified atom stereocenters.